The monoisotopic (exact) mass is 806 g/mol. The average Bonchev–Trinajstić information content (AvgIpc) is 3.99. The van der Waals surface area contributed by atoms with Gasteiger partial charge in [0.25, 0.3) is 0 Å². The fourth-order valence-corrected chi connectivity index (χ4v) is 18.8. The van der Waals surface area contributed by atoms with E-state index in [0.717, 1.165) is 51.4 Å². The molecular weight excluding hydrogens is 763 g/mol. The van der Waals surface area contributed by atoms with Crippen LogP contribution in [0.15, 0.2) is 48.5 Å². The number of rotatable bonds is 12. The van der Waals surface area contributed by atoms with E-state index in [1.54, 1.807) is 48.5 Å². The third-order valence-corrected chi connectivity index (χ3v) is 21.2. The molecule has 12 nitrogen and oxygen atoms in total. The fraction of sp³-hybridized carbons (Fsp3) is 0.526. The summed E-state index contributed by atoms with van der Waals surface area (Å²) in [7, 11) is 0. The maximum atomic E-state index is 13.7. The molecule has 0 spiro atoms. The van der Waals surface area contributed by atoms with Gasteiger partial charge in [-0.15, -0.1) is 0 Å². The van der Waals surface area contributed by atoms with Gasteiger partial charge in [0, 0.05) is 0 Å². The molecule has 6 aliphatic rings. The zero-order chi connectivity index (χ0) is 35.6. The Hall–Kier alpha value is -3.62. The van der Waals surface area contributed by atoms with Gasteiger partial charge in [-0.3, -0.25) is 0 Å². The molecule has 6 heterocycles. The molecule has 6 aliphatic heterocycles. The van der Waals surface area contributed by atoms with Gasteiger partial charge in [-0.1, -0.05) is 0 Å². The van der Waals surface area contributed by atoms with Crippen molar-refractivity contribution in [3.05, 3.63) is 59.7 Å². The van der Waals surface area contributed by atoms with Gasteiger partial charge in [0.15, 0.2) is 0 Å². The van der Waals surface area contributed by atoms with Crippen LogP contribution < -0.4 is 9.80 Å². The second-order valence-corrected chi connectivity index (χ2v) is 23.9. The van der Waals surface area contributed by atoms with E-state index in [0.29, 0.717) is 20.2 Å². The number of hydrogen-bond donors (Lipinski definition) is 0. The van der Waals surface area contributed by atoms with Crippen molar-refractivity contribution < 1.29 is 44.4 Å². The maximum absolute atomic E-state index is 13.7. The predicted molar refractivity (Wildman–Crippen MR) is 184 cm³/mol. The van der Waals surface area contributed by atoms with Crippen molar-refractivity contribution in [3.63, 3.8) is 0 Å². The average molecular weight is 805 g/mol. The number of ether oxygens (including phenoxy) is 2. The molecule has 0 saturated carbocycles. The molecule has 0 radical (unpaired) electrons. The van der Waals surface area contributed by atoms with E-state index in [9.17, 15) is 28.8 Å². The molecule has 2 aromatic rings. The van der Waals surface area contributed by atoms with Crippen molar-refractivity contribution in [2.24, 2.45) is 23.7 Å². The van der Waals surface area contributed by atoms with Gasteiger partial charge < -0.3 is 0 Å². The quantitative estimate of drug-likeness (QED) is 0.211. The second kappa shape index (κ2) is 13.4. The number of benzene rings is 2. The molecule has 268 valence electrons. The van der Waals surface area contributed by atoms with Crippen molar-refractivity contribution in [1.82, 2.24) is 0 Å². The number of nitrogens with zero attached hydrogens (tertiary/aromatic N) is 2. The van der Waals surface area contributed by atoms with Gasteiger partial charge in [0.05, 0.1) is 0 Å². The topological polar surface area (TPSA) is 146 Å². The zero-order valence-corrected chi connectivity index (χ0v) is 31.6. The van der Waals surface area contributed by atoms with Crippen molar-refractivity contribution in [1.29, 1.82) is 0 Å². The SMILES string of the molecule is CCC[CH2][Sn]([CH2]CCC)([O]C(=O)c1ccc(N2C(=O)[C@@H]3[C@H](C2=O)[C@H]2CC[C@@H]3O2)cc1)[O]C(=O)c1ccc(N2C(=O)[C@@H]3[C@H](C2=O)[C@H]2CC[C@@H]3O2)cc1. The first-order valence-corrected chi connectivity index (χ1v) is 24.7. The summed E-state index contributed by atoms with van der Waals surface area (Å²) in [5.41, 5.74) is 1.27. The molecule has 51 heavy (non-hydrogen) atoms. The van der Waals surface area contributed by atoms with Crippen molar-refractivity contribution in [2.45, 2.75) is 98.5 Å². The van der Waals surface area contributed by atoms with Gasteiger partial charge in [0.1, 0.15) is 0 Å². The Morgan fingerprint density at radius 3 is 1.20 bits per heavy atom. The Morgan fingerprint density at radius 2 is 0.902 bits per heavy atom. The van der Waals surface area contributed by atoms with E-state index < -0.39 is 54.8 Å². The van der Waals surface area contributed by atoms with Crippen LogP contribution in [0.4, 0.5) is 11.4 Å². The molecule has 8 rings (SSSR count). The summed E-state index contributed by atoms with van der Waals surface area (Å²) in [6.07, 6.45) is 5.34. The fourth-order valence-electron chi connectivity index (χ4n) is 9.12. The van der Waals surface area contributed by atoms with Crippen LogP contribution in [0.3, 0.4) is 0 Å². The molecule has 0 aromatic heterocycles. The third-order valence-electron chi connectivity index (χ3n) is 11.7. The first-order valence-electron chi connectivity index (χ1n) is 18.4. The molecule has 13 heteroatoms. The van der Waals surface area contributed by atoms with E-state index in [4.69, 9.17) is 15.6 Å². The van der Waals surface area contributed by atoms with Crippen LogP contribution in [0, 0.1) is 23.7 Å². The molecule has 8 atom stereocenters. The number of unbranched alkanes of at least 4 members (excludes halogenated alkanes) is 2. The Labute approximate surface area is 301 Å². The minimum atomic E-state index is -4.44. The first-order chi connectivity index (χ1) is 24.6. The number of carbonyl (C=O) groups is 6. The van der Waals surface area contributed by atoms with E-state index in [1.165, 1.54) is 9.80 Å². The van der Waals surface area contributed by atoms with Gasteiger partial charge in [-0.25, -0.2) is 0 Å². The van der Waals surface area contributed by atoms with Crippen LogP contribution in [0.2, 0.25) is 8.87 Å². The summed E-state index contributed by atoms with van der Waals surface area (Å²) in [6.45, 7) is 4.05. The van der Waals surface area contributed by atoms with E-state index in [1.807, 2.05) is 13.8 Å². The molecule has 6 saturated heterocycles. The minimum absolute atomic E-state index is 0.216. The van der Waals surface area contributed by atoms with Gasteiger partial charge in [0.2, 0.25) is 0 Å². The summed E-state index contributed by atoms with van der Waals surface area (Å²) >= 11 is -4.44. The zero-order valence-electron chi connectivity index (χ0n) is 28.8. The van der Waals surface area contributed by atoms with Gasteiger partial charge >= 0.3 is 302 Å². The summed E-state index contributed by atoms with van der Waals surface area (Å²) < 4.78 is 25.2. The van der Waals surface area contributed by atoms with Gasteiger partial charge in [-0.2, -0.15) is 0 Å². The summed E-state index contributed by atoms with van der Waals surface area (Å²) in [5.74, 6) is -4.05. The van der Waals surface area contributed by atoms with Crippen LogP contribution in [0.5, 0.6) is 0 Å². The first kappa shape index (κ1) is 34.5. The van der Waals surface area contributed by atoms with E-state index in [-0.39, 0.29) is 59.2 Å². The molecule has 0 unspecified atom stereocenters. The van der Waals surface area contributed by atoms with Crippen molar-refractivity contribution >= 4 is 66.1 Å². The van der Waals surface area contributed by atoms with Crippen LogP contribution >= 0.6 is 0 Å². The van der Waals surface area contributed by atoms with Crippen LogP contribution in [0.25, 0.3) is 0 Å². The number of fused-ring (bicyclic) bond motifs is 10. The van der Waals surface area contributed by atoms with Gasteiger partial charge in [-0.05, 0) is 0 Å². The molecule has 6 fully saturated rings. The summed E-state index contributed by atoms with van der Waals surface area (Å²) in [6, 6.07) is 12.5. The van der Waals surface area contributed by atoms with Crippen molar-refractivity contribution in [2.75, 3.05) is 9.80 Å². The number of amides is 4. The van der Waals surface area contributed by atoms with Crippen LogP contribution in [-0.4, -0.2) is 79.2 Å². The molecule has 4 bridgehead atoms. The number of anilines is 2. The summed E-state index contributed by atoms with van der Waals surface area (Å²) in [5, 5.41) is 0. The number of hydrogen-bond acceptors (Lipinski definition) is 10. The Morgan fingerprint density at radius 1 is 0.588 bits per heavy atom. The van der Waals surface area contributed by atoms with E-state index >= 15 is 0 Å². The van der Waals surface area contributed by atoms with Crippen LogP contribution in [-0.2, 0) is 34.8 Å². The van der Waals surface area contributed by atoms with E-state index in [2.05, 4.69) is 0 Å². The van der Waals surface area contributed by atoms with Crippen LogP contribution in [0.1, 0.15) is 85.9 Å². The Balaban J connectivity index is 0.977. The molecule has 0 aliphatic carbocycles. The van der Waals surface area contributed by atoms with Crippen molar-refractivity contribution in [3.8, 4) is 0 Å². The Kier molecular flexibility index (Phi) is 9.06. The number of imide groups is 2. The molecule has 4 amide bonds. The summed E-state index contributed by atoms with van der Waals surface area (Å²) in [4.78, 5) is 82.9. The molecule has 0 N–H and O–H groups in total. The number of carbonyl (C=O) groups excluding carboxylic acids is 6. The molecular formula is C38H42N2O10Sn. The molecule has 2 aromatic carbocycles. The second-order valence-electron chi connectivity index (χ2n) is 14.7. The third kappa shape index (κ3) is 5.72. The normalized spacial score (nSPS) is 30.4. The standard InChI is InChI=1S/2C15H13NO5.2C4H9.Sn/c2*17-13-11-9-5-6-10(21-9)12(11)14(18)16(13)8-3-1-7(2-4-8)15(19)20;2*1-3-4-2;/h2*1-4,9-12H,5-6H2,(H,19,20);2*1,3-4H2,2H3;/q;;;;+2/p-2/t2*9-,10+,11-,12+;;;. The Bertz CT molecular complexity index is 1590. The predicted octanol–water partition coefficient (Wildman–Crippen LogP) is 5.08.